The highest BCUT2D eigenvalue weighted by atomic mass is 19.4. The fourth-order valence-electron chi connectivity index (χ4n) is 2.22. The molecule has 0 unspecified atom stereocenters. The van der Waals surface area contributed by atoms with Gasteiger partial charge in [-0.2, -0.15) is 13.2 Å². The molecule has 1 saturated carbocycles. The third kappa shape index (κ3) is 2.73. The third-order valence-corrected chi connectivity index (χ3v) is 3.56. The average molecular weight is 272 g/mol. The van der Waals surface area contributed by atoms with Gasteiger partial charge in [0.15, 0.2) is 0 Å². The first-order chi connectivity index (χ1) is 8.88. The normalized spacial score (nSPS) is 17.7. The molecule has 1 fully saturated rings. The van der Waals surface area contributed by atoms with Gasteiger partial charge in [-0.25, -0.2) is 0 Å². The maximum Gasteiger partial charge on any atom is 0.417 e. The zero-order valence-electron chi connectivity index (χ0n) is 10.3. The van der Waals surface area contributed by atoms with Crippen LogP contribution < -0.4 is 11.1 Å². The number of alkyl halides is 3. The van der Waals surface area contributed by atoms with Crippen LogP contribution in [0.3, 0.4) is 0 Å². The summed E-state index contributed by atoms with van der Waals surface area (Å²) in [4.78, 5) is 12.0. The number of amides is 1. The van der Waals surface area contributed by atoms with Crippen molar-refractivity contribution < 1.29 is 18.0 Å². The molecule has 0 heterocycles. The number of carbonyl (C=O) groups is 1. The monoisotopic (exact) mass is 272 g/mol. The van der Waals surface area contributed by atoms with Crippen LogP contribution in [-0.4, -0.2) is 18.0 Å². The van der Waals surface area contributed by atoms with Crippen molar-refractivity contribution >= 4 is 5.91 Å². The van der Waals surface area contributed by atoms with Gasteiger partial charge in [-0.1, -0.05) is 12.1 Å². The van der Waals surface area contributed by atoms with Gasteiger partial charge in [0.05, 0.1) is 16.7 Å². The largest absolute Gasteiger partial charge is 0.417 e. The minimum Gasteiger partial charge on any atom is -0.345 e. The summed E-state index contributed by atoms with van der Waals surface area (Å²) < 4.78 is 38.4. The molecular formula is C13H15F3N2O. The van der Waals surface area contributed by atoms with Gasteiger partial charge in [0.25, 0.3) is 5.91 Å². The van der Waals surface area contributed by atoms with E-state index in [-0.39, 0.29) is 12.1 Å². The molecule has 0 bridgehead atoms. The molecule has 2 rings (SSSR count). The lowest BCUT2D eigenvalue weighted by Crippen LogP contribution is -2.58. The number of rotatable bonds is 3. The lowest BCUT2D eigenvalue weighted by atomic mass is 9.76. The van der Waals surface area contributed by atoms with Crippen LogP contribution in [0.5, 0.6) is 0 Å². The van der Waals surface area contributed by atoms with Crippen molar-refractivity contribution in [2.24, 2.45) is 5.73 Å². The SMILES string of the molecule is NCC1(NC(=O)c2ccccc2C(F)(F)F)CCC1. The van der Waals surface area contributed by atoms with Crippen LogP contribution in [0.25, 0.3) is 0 Å². The van der Waals surface area contributed by atoms with Crippen molar-refractivity contribution in [3.8, 4) is 0 Å². The second-order valence-electron chi connectivity index (χ2n) is 4.84. The van der Waals surface area contributed by atoms with Crippen LogP contribution in [0.2, 0.25) is 0 Å². The third-order valence-electron chi connectivity index (χ3n) is 3.56. The maximum absolute atomic E-state index is 12.8. The van der Waals surface area contributed by atoms with Crippen molar-refractivity contribution in [3.05, 3.63) is 35.4 Å². The van der Waals surface area contributed by atoms with Crippen LogP contribution in [0.4, 0.5) is 13.2 Å². The zero-order chi connectivity index (χ0) is 14.1. The van der Waals surface area contributed by atoms with Gasteiger partial charge in [0.2, 0.25) is 0 Å². The second kappa shape index (κ2) is 4.85. The first-order valence-electron chi connectivity index (χ1n) is 6.07. The molecule has 3 N–H and O–H groups in total. The lowest BCUT2D eigenvalue weighted by molar-refractivity contribution is -0.138. The molecule has 3 nitrogen and oxygen atoms in total. The molecule has 1 aromatic rings. The molecule has 0 aromatic heterocycles. The first-order valence-corrected chi connectivity index (χ1v) is 6.07. The van der Waals surface area contributed by atoms with Crippen molar-refractivity contribution in [3.63, 3.8) is 0 Å². The lowest BCUT2D eigenvalue weighted by Gasteiger charge is -2.41. The Bertz CT molecular complexity index is 476. The Labute approximate surface area is 109 Å². The highest BCUT2D eigenvalue weighted by Gasteiger charge is 2.39. The quantitative estimate of drug-likeness (QED) is 0.887. The Morgan fingerprint density at radius 2 is 1.95 bits per heavy atom. The molecule has 0 radical (unpaired) electrons. The zero-order valence-corrected chi connectivity index (χ0v) is 10.3. The summed E-state index contributed by atoms with van der Waals surface area (Å²) in [5.41, 5.74) is 3.78. The van der Waals surface area contributed by atoms with E-state index in [9.17, 15) is 18.0 Å². The molecule has 6 heteroatoms. The Kier molecular flexibility index (Phi) is 3.54. The van der Waals surface area contributed by atoms with Gasteiger partial charge >= 0.3 is 6.18 Å². The standard InChI is InChI=1S/C13H15F3N2O/c14-13(15,16)10-5-2-1-4-9(10)11(19)18-12(8-17)6-3-7-12/h1-2,4-5H,3,6-8,17H2,(H,18,19). The minimum atomic E-state index is -4.54. The van der Waals surface area contributed by atoms with Gasteiger partial charge < -0.3 is 11.1 Å². The molecular weight excluding hydrogens is 257 g/mol. The molecule has 1 aliphatic rings. The van der Waals surface area contributed by atoms with E-state index in [2.05, 4.69) is 5.32 Å². The van der Waals surface area contributed by atoms with Crippen molar-refractivity contribution in [1.82, 2.24) is 5.32 Å². The maximum atomic E-state index is 12.8. The Hall–Kier alpha value is -1.56. The second-order valence-corrected chi connectivity index (χ2v) is 4.84. The molecule has 1 aromatic carbocycles. The number of nitrogens with one attached hydrogen (secondary N) is 1. The van der Waals surface area contributed by atoms with Crippen LogP contribution in [0.1, 0.15) is 35.2 Å². The molecule has 19 heavy (non-hydrogen) atoms. The number of hydrogen-bond donors (Lipinski definition) is 2. The summed E-state index contributed by atoms with van der Waals surface area (Å²) in [5.74, 6) is -0.710. The first kappa shape index (κ1) is 13.9. The molecule has 104 valence electrons. The number of carbonyl (C=O) groups excluding carboxylic acids is 1. The van der Waals surface area contributed by atoms with Gasteiger partial charge in [0, 0.05) is 6.54 Å². The van der Waals surface area contributed by atoms with E-state index in [4.69, 9.17) is 5.73 Å². The number of benzene rings is 1. The molecule has 0 spiro atoms. The van der Waals surface area contributed by atoms with Crippen LogP contribution in [-0.2, 0) is 6.18 Å². The summed E-state index contributed by atoms with van der Waals surface area (Å²) in [6, 6.07) is 4.77. The van der Waals surface area contributed by atoms with Gasteiger partial charge in [-0.15, -0.1) is 0 Å². The number of halogens is 3. The van der Waals surface area contributed by atoms with Gasteiger partial charge in [-0.05, 0) is 31.4 Å². The fraction of sp³-hybridized carbons (Fsp3) is 0.462. The van der Waals surface area contributed by atoms with Gasteiger partial charge in [-0.3, -0.25) is 4.79 Å². The van der Waals surface area contributed by atoms with Crippen molar-refractivity contribution in [1.29, 1.82) is 0 Å². The van der Waals surface area contributed by atoms with Crippen LogP contribution in [0, 0.1) is 0 Å². The van der Waals surface area contributed by atoms with E-state index >= 15 is 0 Å². The summed E-state index contributed by atoms with van der Waals surface area (Å²) in [5, 5.41) is 2.64. The summed E-state index contributed by atoms with van der Waals surface area (Å²) in [7, 11) is 0. The molecule has 0 saturated heterocycles. The van der Waals surface area contributed by atoms with Crippen molar-refractivity contribution in [2.75, 3.05) is 6.54 Å². The molecule has 1 amide bonds. The fourth-order valence-corrected chi connectivity index (χ4v) is 2.22. The number of hydrogen-bond acceptors (Lipinski definition) is 2. The Balaban J connectivity index is 2.25. The van der Waals surface area contributed by atoms with E-state index < -0.39 is 23.2 Å². The Morgan fingerprint density at radius 1 is 1.32 bits per heavy atom. The van der Waals surface area contributed by atoms with E-state index in [1.165, 1.54) is 18.2 Å². The minimum absolute atomic E-state index is 0.243. The van der Waals surface area contributed by atoms with E-state index in [1.807, 2.05) is 0 Å². The Morgan fingerprint density at radius 3 is 2.42 bits per heavy atom. The summed E-state index contributed by atoms with van der Waals surface area (Å²) in [6.07, 6.45) is -2.19. The van der Waals surface area contributed by atoms with Crippen LogP contribution in [0.15, 0.2) is 24.3 Å². The average Bonchev–Trinajstić information content (AvgIpc) is 2.32. The van der Waals surface area contributed by atoms with E-state index in [0.717, 1.165) is 12.5 Å². The summed E-state index contributed by atoms with van der Waals surface area (Å²) in [6.45, 7) is 0.243. The van der Waals surface area contributed by atoms with Crippen molar-refractivity contribution in [2.45, 2.75) is 31.0 Å². The number of nitrogens with two attached hydrogens (primary N) is 1. The molecule has 0 atom stereocenters. The molecule has 1 aliphatic carbocycles. The predicted molar refractivity (Wildman–Crippen MR) is 64.5 cm³/mol. The highest BCUT2D eigenvalue weighted by Crippen LogP contribution is 2.34. The van der Waals surface area contributed by atoms with E-state index in [1.54, 1.807) is 0 Å². The smallest absolute Gasteiger partial charge is 0.345 e. The van der Waals surface area contributed by atoms with E-state index in [0.29, 0.717) is 12.8 Å². The predicted octanol–water partition coefficient (Wildman–Crippen LogP) is 2.32. The highest BCUT2D eigenvalue weighted by molar-refractivity contribution is 5.96. The van der Waals surface area contributed by atoms with Crippen LogP contribution >= 0.6 is 0 Å². The molecule has 0 aliphatic heterocycles. The topological polar surface area (TPSA) is 55.1 Å². The summed E-state index contributed by atoms with van der Waals surface area (Å²) >= 11 is 0. The van der Waals surface area contributed by atoms with Gasteiger partial charge in [0.1, 0.15) is 0 Å².